The monoisotopic (exact) mass is 394 g/mol. The van der Waals surface area contributed by atoms with Crippen LogP contribution in [0.25, 0.3) is 0 Å². The molecule has 0 heterocycles. The van der Waals surface area contributed by atoms with Crippen molar-refractivity contribution < 1.29 is 22.3 Å². The standard InChI is InChI=1S/C19H23FN2O4S/c1-3-26-12-6-11-21-19(23)16-13-15(10-9-14(16)2)27(24,25)22-18-8-5-4-7-17(18)20/h4-5,7-10,13,22H,3,6,11-12H2,1-2H3,(H,21,23). The summed E-state index contributed by atoms with van der Waals surface area (Å²) in [7, 11) is -4.03. The first-order chi connectivity index (χ1) is 12.8. The SMILES string of the molecule is CCOCCCNC(=O)c1cc(S(=O)(=O)Nc2ccccc2F)ccc1C. The number of sulfonamides is 1. The summed E-state index contributed by atoms with van der Waals surface area (Å²) in [5.74, 6) is -1.05. The number of amides is 1. The quantitative estimate of drug-likeness (QED) is 0.640. The molecule has 2 N–H and O–H groups in total. The Labute approximate surface area is 158 Å². The Morgan fingerprint density at radius 3 is 2.63 bits per heavy atom. The number of carbonyl (C=O) groups excluding carboxylic acids is 1. The lowest BCUT2D eigenvalue weighted by Gasteiger charge is -2.12. The van der Waals surface area contributed by atoms with Gasteiger partial charge in [0, 0.05) is 25.3 Å². The van der Waals surface area contributed by atoms with Crippen molar-refractivity contribution in [2.45, 2.75) is 25.2 Å². The molecule has 6 nitrogen and oxygen atoms in total. The molecule has 0 unspecified atom stereocenters. The van der Waals surface area contributed by atoms with Crippen LogP contribution in [0.4, 0.5) is 10.1 Å². The summed E-state index contributed by atoms with van der Waals surface area (Å²) in [4.78, 5) is 12.2. The van der Waals surface area contributed by atoms with Crippen molar-refractivity contribution >= 4 is 21.6 Å². The Kier molecular flexibility index (Phi) is 7.32. The van der Waals surface area contributed by atoms with Crippen molar-refractivity contribution in [3.8, 4) is 0 Å². The van der Waals surface area contributed by atoms with Gasteiger partial charge in [-0.1, -0.05) is 18.2 Å². The fourth-order valence-corrected chi connectivity index (χ4v) is 3.47. The van der Waals surface area contributed by atoms with E-state index >= 15 is 0 Å². The summed E-state index contributed by atoms with van der Waals surface area (Å²) in [6.07, 6.45) is 0.658. The van der Waals surface area contributed by atoms with Gasteiger partial charge in [0.25, 0.3) is 15.9 Å². The highest BCUT2D eigenvalue weighted by atomic mass is 32.2. The number of nitrogens with one attached hydrogen (secondary N) is 2. The van der Waals surface area contributed by atoms with Crippen molar-refractivity contribution in [3.63, 3.8) is 0 Å². The summed E-state index contributed by atoms with van der Waals surface area (Å²) in [6.45, 7) is 5.18. The number of hydrogen-bond acceptors (Lipinski definition) is 4. The molecule has 0 saturated heterocycles. The Balaban J connectivity index is 2.15. The molecule has 0 fully saturated rings. The molecular formula is C19H23FN2O4S. The first-order valence-electron chi connectivity index (χ1n) is 8.59. The predicted molar refractivity (Wildman–Crippen MR) is 102 cm³/mol. The second-order valence-electron chi connectivity index (χ2n) is 5.87. The van der Waals surface area contributed by atoms with Crippen LogP contribution in [-0.2, 0) is 14.8 Å². The van der Waals surface area contributed by atoms with E-state index in [9.17, 15) is 17.6 Å². The lowest BCUT2D eigenvalue weighted by molar-refractivity contribution is 0.0943. The largest absolute Gasteiger partial charge is 0.382 e. The van der Waals surface area contributed by atoms with Crippen molar-refractivity contribution in [3.05, 3.63) is 59.4 Å². The minimum absolute atomic E-state index is 0.115. The fourth-order valence-electron chi connectivity index (χ4n) is 2.38. The number of para-hydroxylation sites is 1. The van der Waals surface area contributed by atoms with Crippen LogP contribution in [0.15, 0.2) is 47.4 Å². The zero-order valence-electron chi connectivity index (χ0n) is 15.3. The molecule has 146 valence electrons. The third kappa shape index (κ3) is 5.77. The van der Waals surface area contributed by atoms with Crippen LogP contribution in [-0.4, -0.2) is 34.1 Å². The smallest absolute Gasteiger partial charge is 0.262 e. The number of carbonyl (C=O) groups is 1. The Hall–Kier alpha value is -2.45. The van der Waals surface area contributed by atoms with E-state index in [1.54, 1.807) is 13.0 Å². The number of rotatable bonds is 9. The summed E-state index contributed by atoms with van der Waals surface area (Å²) >= 11 is 0. The van der Waals surface area contributed by atoms with Gasteiger partial charge in [-0.3, -0.25) is 9.52 Å². The van der Waals surface area contributed by atoms with Crippen LogP contribution in [0.1, 0.15) is 29.3 Å². The van der Waals surface area contributed by atoms with Gasteiger partial charge in [0.2, 0.25) is 0 Å². The van der Waals surface area contributed by atoms with Crippen molar-refractivity contribution in [1.29, 1.82) is 0 Å². The van der Waals surface area contributed by atoms with Gasteiger partial charge in [0.1, 0.15) is 5.82 Å². The number of halogens is 1. The van der Waals surface area contributed by atoms with Gasteiger partial charge in [0.15, 0.2) is 0 Å². The normalized spacial score (nSPS) is 11.2. The predicted octanol–water partition coefficient (Wildman–Crippen LogP) is 3.09. The van der Waals surface area contributed by atoms with Gasteiger partial charge >= 0.3 is 0 Å². The summed E-state index contributed by atoms with van der Waals surface area (Å²) in [6, 6.07) is 9.69. The molecule has 0 radical (unpaired) electrons. The first kappa shape index (κ1) is 20.9. The van der Waals surface area contributed by atoms with E-state index in [2.05, 4.69) is 10.0 Å². The minimum atomic E-state index is -4.03. The fraction of sp³-hybridized carbons (Fsp3) is 0.316. The summed E-state index contributed by atoms with van der Waals surface area (Å²) in [5, 5.41) is 2.74. The van der Waals surface area contributed by atoms with E-state index in [4.69, 9.17) is 4.74 Å². The van der Waals surface area contributed by atoms with Crippen molar-refractivity contribution in [2.75, 3.05) is 24.5 Å². The van der Waals surface area contributed by atoms with E-state index in [1.165, 1.54) is 30.3 Å². The molecule has 0 aromatic heterocycles. The molecule has 0 atom stereocenters. The molecule has 0 spiro atoms. The van der Waals surface area contributed by atoms with E-state index in [-0.39, 0.29) is 22.1 Å². The number of hydrogen-bond donors (Lipinski definition) is 2. The van der Waals surface area contributed by atoms with Gasteiger partial charge in [-0.15, -0.1) is 0 Å². The van der Waals surface area contributed by atoms with Gasteiger partial charge in [-0.05, 0) is 50.1 Å². The molecular weight excluding hydrogens is 371 g/mol. The molecule has 0 bridgehead atoms. The van der Waals surface area contributed by atoms with Gasteiger partial charge < -0.3 is 10.1 Å². The molecule has 0 aliphatic heterocycles. The highest BCUT2D eigenvalue weighted by Gasteiger charge is 2.19. The Morgan fingerprint density at radius 1 is 1.19 bits per heavy atom. The number of benzene rings is 2. The van der Waals surface area contributed by atoms with Crippen LogP contribution in [0.3, 0.4) is 0 Å². The first-order valence-corrected chi connectivity index (χ1v) is 10.1. The summed E-state index contributed by atoms with van der Waals surface area (Å²) < 4.78 is 46.2. The van der Waals surface area contributed by atoms with E-state index < -0.39 is 15.8 Å². The third-order valence-electron chi connectivity index (χ3n) is 3.84. The van der Waals surface area contributed by atoms with Gasteiger partial charge in [-0.25, -0.2) is 12.8 Å². The lowest BCUT2D eigenvalue weighted by Crippen LogP contribution is -2.26. The zero-order chi connectivity index (χ0) is 19.9. The van der Waals surface area contributed by atoms with Gasteiger partial charge in [0.05, 0.1) is 10.6 Å². The van der Waals surface area contributed by atoms with Crippen molar-refractivity contribution in [1.82, 2.24) is 5.32 Å². The molecule has 0 aliphatic carbocycles. The Morgan fingerprint density at radius 2 is 1.93 bits per heavy atom. The third-order valence-corrected chi connectivity index (χ3v) is 5.20. The maximum Gasteiger partial charge on any atom is 0.262 e. The maximum absolute atomic E-state index is 13.7. The molecule has 27 heavy (non-hydrogen) atoms. The van der Waals surface area contributed by atoms with Gasteiger partial charge in [-0.2, -0.15) is 0 Å². The van der Waals surface area contributed by atoms with Crippen LogP contribution >= 0.6 is 0 Å². The highest BCUT2D eigenvalue weighted by molar-refractivity contribution is 7.92. The molecule has 0 saturated carbocycles. The summed E-state index contributed by atoms with van der Waals surface area (Å²) in [5.41, 5.74) is 0.741. The second-order valence-corrected chi connectivity index (χ2v) is 7.55. The van der Waals surface area contributed by atoms with Crippen LogP contribution in [0.5, 0.6) is 0 Å². The molecule has 2 aromatic carbocycles. The topological polar surface area (TPSA) is 84.5 Å². The number of ether oxygens (including phenoxy) is 1. The molecule has 2 aromatic rings. The van der Waals surface area contributed by atoms with Crippen LogP contribution in [0, 0.1) is 12.7 Å². The van der Waals surface area contributed by atoms with Crippen LogP contribution in [0.2, 0.25) is 0 Å². The molecule has 2 rings (SSSR count). The molecule has 1 amide bonds. The minimum Gasteiger partial charge on any atom is -0.382 e. The highest BCUT2D eigenvalue weighted by Crippen LogP contribution is 2.21. The van der Waals surface area contributed by atoms with Crippen molar-refractivity contribution in [2.24, 2.45) is 0 Å². The average molecular weight is 394 g/mol. The lowest BCUT2D eigenvalue weighted by atomic mass is 10.1. The van der Waals surface area contributed by atoms with Crippen LogP contribution < -0.4 is 10.0 Å². The number of anilines is 1. The average Bonchev–Trinajstić information content (AvgIpc) is 2.63. The van der Waals surface area contributed by atoms with E-state index in [1.807, 2.05) is 6.92 Å². The zero-order valence-corrected chi connectivity index (χ0v) is 16.1. The molecule has 8 heteroatoms. The van der Waals surface area contributed by atoms with E-state index in [0.717, 1.165) is 6.07 Å². The van der Waals surface area contributed by atoms with E-state index in [0.29, 0.717) is 31.7 Å². The molecule has 0 aliphatic rings. The maximum atomic E-state index is 13.7. The number of aryl methyl sites for hydroxylation is 1. The second kappa shape index (κ2) is 9.48. The Bertz CT molecular complexity index is 900.